The van der Waals surface area contributed by atoms with E-state index in [1.54, 1.807) is 24.2 Å². The van der Waals surface area contributed by atoms with Crippen LogP contribution in [0.2, 0.25) is 0 Å². The van der Waals surface area contributed by atoms with Gasteiger partial charge in [-0.1, -0.05) is 11.8 Å². The first-order valence-electron chi connectivity index (χ1n) is 5.49. The Morgan fingerprint density at radius 2 is 2.47 bits per heavy atom. The Balaban J connectivity index is 1.74. The van der Waals surface area contributed by atoms with Gasteiger partial charge in [-0.3, -0.25) is 10.1 Å². The molecule has 3 rings (SSSR count). The first kappa shape index (κ1) is 11.1. The van der Waals surface area contributed by atoms with Crippen molar-refractivity contribution >= 4 is 23.5 Å². The van der Waals surface area contributed by atoms with Gasteiger partial charge in [-0.25, -0.2) is 4.98 Å². The number of hydrogen-bond acceptors (Lipinski definition) is 5. The Hall–Kier alpha value is -1.01. The fourth-order valence-electron chi connectivity index (χ4n) is 1.69. The molecule has 1 unspecified atom stereocenters. The maximum atomic E-state index is 4.49. The summed E-state index contributed by atoms with van der Waals surface area (Å²) in [6.45, 7) is 0. The lowest BCUT2D eigenvalue weighted by Gasteiger charge is -2.02. The first-order valence-corrected chi connectivity index (χ1v) is 7.52. The number of thioether (sulfide) groups is 2. The fraction of sp³-hybridized carbons (Fsp3) is 0.364. The summed E-state index contributed by atoms with van der Waals surface area (Å²) >= 11 is 3.78. The minimum atomic E-state index is 0.664. The van der Waals surface area contributed by atoms with Crippen molar-refractivity contribution in [3.05, 3.63) is 24.5 Å². The molecule has 1 aliphatic rings. The highest BCUT2D eigenvalue weighted by atomic mass is 32.2. The van der Waals surface area contributed by atoms with E-state index in [9.17, 15) is 0 Å². The molecule has 0 bridgehead atoms. The summed E-state index contributed by atoms with van der Waals surface area (Å²) in [4.78, 5) is 8.57. The second-order valence-electron chi connectivity index (χ2n) is 3.81. The van der Waals surface area contributed by atoms with Gasteiger partial charge in [0.05, 0.1) is 0 Å². The van der Waals surface area contributed by atoms with E-state index >= 15 is 0 Å². The third kappa shape index (κ3) is 2.63. The minimum absolute atomic E-state index is 0.664. The molecule has 2 aromatic heterocycles. The predicted octanol–water partition coefficient (Wildman–Crippen LogP) is 2.46. The normalized spacial score (nSPS) is 19.6. The van der Waals surface area contributed by atoms with Crippen LogP contribution in [0.1, 0.15) is 6.42 Å². The van der Waals surface area contributed by atoms with Crippen molar-refractivity contribution in [3.8, 4) is 11.4 Å². The Bertz CT molecular complexity index is 479. The highest BCUT2D eigenvalue weighted by Gasteiger charge is 2.19. The van der Waals surface area contributed by atoms with Crippen molar-refractivity contribution in [2.24, 2.45) is 0 Å². The molecule has 1 atom stereocenters. The van der Waals surface area contributed by atoms with E-state index in [-0.39, 0.29) is 0 Å². The zero-order valence-electron chi connectivity index (χ0n) is 9.17. The van der Waals surface area contributed by atoms with Gasteiger partial charge in [0.25, 0.3) is 0 Å². The van der Waals surface area contributed by atoms with E-state index < -0.39 is 0 Å². The highest BCUT2D eigenvalue weighted by molar-refractivity contribution is 8.04. The van der Waals surface area contributed by atoms with Gasteiger partial charge in [0.2, 0.25) is 5.16 Å². The SMILES string of the molecule is c1cncc(-c2nc(SC3CCSC3)n[nH]2)c1. The van der Waals surface area contributed by atoms with Gasteiger partial charge in [-0.2, -0.15) is 11.8 Å². The van der Waals surface area contributed by atoms with Crippen LogP contribution in [0, 0.1) is 0 Å². The summed E-state index contributed by atoms with van der Waals surface area (Å²) in [5.41, 5.74) is 0.979. The molecule has 1 saturated heterocycles. The summed E-state index contributed by atoms with van der Waals surface area (Å²) in [6.07, 6.45) is 4.80. The monoisotopic (exact) mass is 264 g/mol. The van der Waals surface area contributed by atoms with Gasteiger partial charge < -0.3 is 0 Å². The number of rotatable bonds is 3. The largest absolute Gasteiger partial charge is 0.264 e. The average Bonchev–Trinajstić information content (AvgIpc) is 3.02. The number of H-pyrrole nitrogens is 1. The molecule has 1 N–H and O–H groups in total. The van der Waals surface area contributed by atoms with Gasteiger partial charge in [-0.15, -0.1) is 5.10 Å². The van der Waals surface area contributed by atoms with Crippen molar-refractivity contribution in [3.63, 3.8) is 0 Å². The van der Waals surface area contributed by atoms with E-state index in [0.29, 0.717) is 5.25 Å². The Labute approximate surface area is 108 Å². The number of nitrogens with zero attached hydrogens (tertiary/aromatic N) is 3. The first-order chi connectivity index (χ1) is 8.42. The number of nitrogens with one attached hydrogen (secondary N) is 1. The van der Waals surface area contributed by atoms with E-state index in [1.807, 2.05) is 23.9 Å². The lowest BCUT2D eigenvalue weighted by atomic mass is 10.3. The molecular formula is C11H12N4S2. The second kappa shape index (κ2) is 5.10. The molecule has 6 heteroatoms. The molecule has 1 fully saturated rings. The van der Waals surface area contributed by atoms with Crippen LogP contribution in [0.3, 0.4) is 0 Å². The van der Waals surface area contributed by atoms with E-state index in [0.717, 1.165) is 16.5 Å². The molecule has 0 aliphatic carbocycles. The molecule has 0 spiro atoms. The zero-order chi connectivity index (χ0) is 11.5. The molecule has 4 nitrogen and oxygen atoms in total. The zero-order valence-corrected chi connectivity index (χ0v) is 10.8. The number of aromatic amines is 1. The molecule has 0 saturated carbocycles. The molecule has 0 amide bonds. The van der Waals surface area contributed by atoms with E-state index in [4.69, 9.17) is 0 Å². The summed E-state index contributed by atoms with van der Waals surface area (Å²) in [7, 11) is 0. The van der Waals surface area contributed by atoms with E-state index in [2.05, 4.69) is 20.2 Å². The number of aromatic nitrogens is 4. The van der Waals surface area contributed by atoms with Gasteiger partial charge in [0.15, 0.2) is 5.82 Å². The van der Waals surface area contributed by atoms with Gasteiger partial charge in [0, 0.05) is 29.0 Å². The topological polar surface area (TPSA) is 54.5 Å². The number of hydrogen-bond donors (Lipinski definition) is 1. The second-order valence-corrected chi connectivity index (χ2v) is 6.23. The molecule has 17 heavy (non-hydrogen) atoms. The van der Waals surface area contributed by atoms with Crippen LogP contribution in [-0.4, -0.2) is 36.9 Å². The van der Waals surface area contributed by atoms with Crippen molar-refractivity contribution in [2.45, 2.75) is 16.8 Å². The van der Waals surface area contributed by atoms with Crippen LogP contribution in [0.25, 0.3) is 11.4 Å². The minimum Gasteiger partial charge on any atom is -0.264 e. The molecule has 3 heterocycles. The van der Waals surface area contributed by atoms with Crippen molar-refractivity contribution in [1.29, 1.82) is 0 Å². The average molecular weight is 264 g/mol. The third-order valence-electron chi connectivity index (χ3n) is 2.56. The van der Waals surface area contributed by atoms with Gasteiger partial charge in [-0.05, 0) is 24.3 Å². The highest BCUT2D eigenvalue weighted by Crippen LogP contribution is 2.32. The lowest BCUT2D eigenvalue weighted by molar-refractivity contribution is 0.930. The molecule has 0 aromatic carbocycles. The standard InChI is InChI=1S/C11H12N4S2/c1-2-8(6-12-4-1)10-13-11(15-14-10)17-9-3-5-16-7-9/h1-2,4,6,9H,3,5,7H2,(H,13,14,15). The summed E-state index contributed by atoms with van der Waals surface area (Å²) in [5, 5.41) is 8.72. The van der Waals surface area contributed by atoms with Crippen LogP contribution in [0.5, 0.6) is 0 Å². The van der Waals surface area contributed by atoms with Crippen molar-refractivity contribution in [2.75, 3.05) is 11.5 Å². The molecule has 0 radical (unpaired) electrons. The van der Waals surface area contributed by atoms with Gasteiger partial charge in [0.1, 0.15) is 0 Å². The quantitative estimate of drug-likeness (QED) is 0.923. The molecule has 2 aromatic rings. The molecule has 88 valence electrons. The summed E-state index contributed by atoms with van der Waals surface area (Å²) < 4.78 is 0. The van der Waals surface area contributed by atoms with Crippen LogP contribution in [-0.2, 0) is 0 Å². The number of pyridine rings is 1. The van der Waals surface area contributed by atoms with Crippen LogP contribution in [0.4, 0.5) is 0 Å². The Kier molecular flexibility index (Phi) is 3.33. The Morgan fingerprint density at radius 3 is 3.24 bits per heavy atom. The van der Waals surface area contributed by atoms with Gasteiger partial charge >= 0.3 is 0 Å². The van der Waals surface area contributed by atoms with Crippen LogP contribution >= 0.6 is 23.5 Å². The maximum Gasteiger partial charge on any atom is 0.209 e. The summed E-state index contributed by atoms with van der Waals surface area (Å²) in [6, 6.07) is 3.88. The summed E-state index contributed by atoms with van der Waals surface area (Å²) in [5.74, 6) is 3.27. The van der Waals surface area contributed by atoms with Crippen LogP contribution < -0.4 is 0 Å². The Morgan fingerprint density at radius 1 is 1.47 bits per heavy atom. The smallest absolute Gasteiger partial charge is 0.209 e. The third-order valence-corrected chi connectivity index (χ3v) is 5.06. The molecule has 1 aliphatic heterocycles. The van der Waals surface area contributed by atoms with Crippen molar-refractivity contribution < 1.29 is 0 Å². The van der Waals surface area contributed by atoms with Crippen molar-refractivity contribution in [1.82, 2.24) is 20.2 Å². The van der Waals surface area contributed by atoms with Crippen LogP contribution in [0.15, 0.2) is 29.7 Å². The fourth-order valence-corrected chi connectivity index (χ4v) is 4.22. The maximum absolute atomic E-state index is 4.49. The predicted molar refractivity (Wildman–Crippen MR) is 71.2 cm³/mol. The lowest BCUT2D eigenvalue weighted by Crippen LogP contribution is -1.99. The molecular weight excluding hydrogens is 252 g/mol. The van der Waals surface area contributed by atoms with E-state index in [1.165, 1.54) is 17.9 Å².